The minimum absolute atomic E-state index is 0. The van der Waals surface area contributed by atoms with Crippen molar-refractivity contribution in [2.24, 2.45) is 0 Å². The van der Waals surface area contributed by atoms with E-state index < -0.39 is 5.97 Å². The van der Waals surface area contributed by atoms with E-state index in [4.69, 9.17) is 5.11 Å². The second-order valence-corrected chi connectivity index (χ2v) is 8.16. The summed E-state index contributed by atoms with van der Waals surface area (Å²) in [5, 5.41) is 18.1. The number of aromatic carboxylic acids is 1. The van der Waals surface area contributed by atoms with Gasteiger partial charge < -0.3 is 10.4 Å². The monoisotopic (exact) mass is 516 g/mol. The molecule has 158 valence electrons. The van der Waals surface area contributed by atoms with Gasteiger partial charge in [-0.3, -0.25) is 10.1 Å². The van der Waals surface area contributed by atoms with Crippen LogP contribution in [0.5, 0.6) is 0 Å². The molecule has 1 amide bonds. The van der Waals surface area contributed by atoms with Gasteiger partial charge in [0.15, 0.2) is 10.3 Å². The number of carbonyl (C=O) groups is 2. The molecule has 0 saturated heterocycles. The number of rotatable bonds is 6. The number of halogens is 1. The van der Waals surface area contributed by atoms with Crippen molar-refractivity contribution in [3.8, 4) is 10.6 Å². The van der Waals surface area contributed by atoms with Gasteiger partial charge in [-0.1, -0.05) is 35.6 Å². The SMILES string of the molecule is Br.Cc1nc(NC(=O)c2ccccc2)sc1-c1csc(Nc2cccc(C(=O)O)c2)n1. The molecule has 0 unspecified atom stereocenters. The van der Waals surface area contributed by atoms with Crippen LogP contribution in [0.4, 0.5) is 16.0 Å². The van der Waals surface area contributed by atoms with Gasteiger partial charge in [0.05, 0.1) is 21.8 Å². The van der Waals surface area contributed by atoms with E-state index in [1.165, 1.54) is 28.7 Å². The van der Waals surface area contributed by atoms with E-state index in [2.05, 4.69) is 20.6 Å². The Balaban J connectivity index is 0.00000272. The van der Waals surface area contributed by atoms with Crippen molar-refractivity contribution in [2.75, 3.05) is 10.6 Å². The van der Waals surface area contributed by atoms with Crippen LogP contribution in [0.25, 0.3) is 10.6 Å². The van der Waals surface area contributed by atoms with E-state index in [9.17, 15) is 9.59 Å². The first-order chi connectivity index (χ1) is 14.5. The van der Waals surface area contributed by atoms with Crippen LogP contribution in [0, 0.1) is 6.92 Å². The Morgan fingerprint density at radius 3 is 2.45 bits per heavy atom. The first-order valence-corrected chi connectivity index (χ1v) is 10.6. The highest BCUT2D eigenvalue weighted by Crippen LogP contribution is 2.35. The molecular formula is C21H17BrN4O3S2. The second kappa shape index (κ2) is 9.82. The molecule has 31 heavy (non-hydrogen) atoms. The summed E-state index contributed by atoms with van der Waals surface area (Å²) in [5.41, 5.74) is 2.93. The number of carboxylic acid groups (broad SMARTS) is 1. The molecule has 10 heteroatoms. The molecule has 3 N–H and O–H groups in total. The standard InChI is InChI=1S/C21H16N4O3S2.BrH/c1-12-17(30-21(22-12)25-18(26)13-6-3-2-4-7-13)16-11-29-20(24-16)23-15-9-5-8-14(10-15)19(27)28;/h2-11H,1H3,(H,23,24)(H,27,28)(H,22,25,26);1H. The lowest BCUT2D eigenvalue weighted by Crippen LogP contribution is -2.11. The molecule has 0 aliphatic carbocycles. The molecule has 0 bridgehead atoms. The fraction of sp³-hybridized carbons (Fsp3) is 0.0476. The number of carbonyl (C=O) groups excluding carboxylic acids is 1. The van der Waals surface area contributed by atoms with E-state index >= 15 is 0 Å². The van der Waals surface area contributed by atoms with Crippen molar-refractivity contribution >= 4 is 67.5 Å². The molecule has 7 nitrogen and oxygen atoms in total. The number of nitrogens with one attached hydrogen (secondary N) is 2. The maximum Gasteiger partial charge on any atom is 0.335 e. The summed E-state index contributed by atoms with van der Waals surface area (Å²) in [6, 6.07) is 15.5. The van der Waals surface area contributed by atoms with Gasteiger partial charge in [0.25, 0.3) is 5.91 Å². The number of hydrogen-bond acceptors (Lipinski definition) is 7. The minimum atomic E-state index is -0.983. The van der Waals surface area contributed by atoms with Crippen LogP contribution in [-0.2, 0) is 0 Å². The van der Waals surface area contributed by atoms with Crippen molar-refractivity contribution in [2.45, 2.75) is 6.92 Å². The number of anilines is 3. The number of thiazole rings is 2. The van der Waals surface area contributed by atoms with Crippen LogP contribution < -0.4 is 10.6 Å². The normalized spacial score (nSPS) is 10.2. The highest BCUT2D eigenvalue weighted by atomic mass is 79.9. The third-order valence-corrected chi connectivity index (χ3v) is 6.00. The molecule has 2 aromatic heterocycles. The summed E-state index contributed by atoms with van der Waals surface area (Å²) < 4.78 is 0. The lowest BCUT2D eigenvalue weighted by molar-refractivity contribution is 0.0696. The van der Waals surface area contributed by atoms with Crippen molar-refractivity contribution in [3.63, 3.8) is 0 Å². The fourth-order valence-corrected chi connectivity index (χ4v) is 4.45. The van der Waals surface area contributed by atoms with E-state index in [-0.39, 0.29) is 28.5 Å². The van der Waals surface area contributed by atoms with Crippen LogP contribution in [0.15, 0.2) is 60.0 Å². The Morgan fingerprint density at radius 1 is 0.968 bits per heavy atom. The average Bonchev–Trinajstić information content (AvgIpc) is 3.35. The Bertz CT molecular complexity index is 1220. The number of aryl methyl sites for hydroxylation is 1. The lowest BCUT2D eigenvalue weighted by Gasteiger charge is -2.03. The molecule has 0 spiro atoms. The van der Waals surface area contributed by atoms with E-state index in [0.29, 0.717) is 21.5 Å². The quantitative estimate of drug-likeness (QED) is 0.297. The largest absolute Gasteiger partial charge is 0.478 e. The molecule has 0 aliphatic heterocycles. The molecule has 2 heterocycles. The lowest BCUT2D eigenvalue weighted by atomic mass is 10.2. The maximum absolute atomic E-state index is 12.3. The Labute approximate surface area is 196 Å². The third kappa shape index (κ3) is 5.35. The zero-order valence-corrected chi connectivity index (χ0v) is 19.5. The van der Waals surface area contributed by atoms with Crippen LogP contribution in [0.3, 0.4) is 0 Å². The van der Waals surface area contributed by atoms with Gasteiger partial charge in [-0.25, -0.2) is 14.8 Å². The predicted octanol–water partition coefficient (Wildman–Crippen LogP) is 5.85. The number of carboxylic acids is 1. The number of nitrogens with zero attached hydrogens (tertiary/aromatic N) is 2. The fourth-order valence-electron chi connectivity index (χ4n) is 2.74. The number of benzene rings is 2. The maximum atomic E-state index is 12.3. The van der Waals surface area contributed by atoms with Gasteiger partial charge in [-0.2, -0.15) is 0 Å². The molecule has 4 aromatic rings. The topological polar surface area (TPSA) is 104 Å². The zero-order valence-electron chi connectivity index (χ0n) is 16.2. The van der Waals surface area contributed by atoms with Crippen LogP contribution in [0.2, 0.25) is 0 Å². The van der Waals surface area contributed by atoms with Crippen molar-refractivity contribution in [1.29, 1.82) is 0 Å². The molecule has 0 saturated carbocycles. The highest BCUT2D eigenvalue weighted by Gasteiger charge is 2.15. The average molecular weight is 517 g/mol. The summed E-state index contributed by atoms with van der Waals surface area (Å²) in [7, 11) is 0. The van der Waals surface area contributed by atoms with Gasteiger partial charge in [0, 0.05) is 16.6 Å². The van der Waals surface area contributed by atoms with Gasteiger partial charge >= 0.3 is 5.97 Å². The number of aromatic nitrogens is 2. The van der Waals surface area contributed by atoms with Gasteiger partial charge in [0.2, 0.25) is 0 Å². The van der Waals surface area contributed by atoms with Gasteiger partial charge in [-0.05, 0) is 37.3 Å². The van der Waals surface area contributed by atoms with E-state index in [0.717, 1.165) is 16.3 Å². The number of amides is 1. The van der Waals surface area contributed by atoms with Gasteiger partial charge in [0.1, 0.15) is 0 Å². The Kier molecular flexibility index (Phi) is 7.16. The predicted molar refractivity (Wildman–Crippen MR) is 129 cm³/mol. The summed E-state index contributed by atoms with van der Waals surface area (Å²) in [4.78, 5) is 33.4. The molecular weight excluding hydrogens is 500 g/mol. The Hall–Kier alpha value is -3.08. The smallest absolute Gasteiger partial charge is 0.335 e. The second-order valence-electron chi connectivity index (χ2n) is 6.30. The molecule has 0 fully saturated rings. The van der Waals surface area contributed by atoms with Crippen LogP contribution in [-0.4, -0.2) is 27.0 Å². The summed E-state index contributed by atoms with van der Waals surface area (Å²) >= 11 is 2.76. The van der Waals surface area contributed by atoms with Crippen molar-refractivity contribution < 1.29 is 14.7 Å². The Morgan fingerprint density at radius 2 is 1.71 bits per heavy atom. The molecule has 0 aliphatic rings. The molecule has 4 rings (SSSR count). The molecule has 0 radical (unpaired) electrons. The first kappa shape index (κ1) is 22.6. The van der Waals surface area contributed by atoms with Crippen molar-refractivity contribution in [3.05, 3.63) is 76.8 Å². The highest BCUT2D eigenvalue weighted by molar-refractivity contribution is 8.93. The van der Waals surface area contributed by atoms with Crippen molar-refractivity contribution in [1.82, 2.24) is 9.97 Å². The zero-order chi connectivity index (χ0) is 21.1. The van der Waals surface area contributed by atoms with Crippen LogP contribution in [0.1, 0.15) is 26.4 Å². The summed E-state index contributed by atoms with van der Waals surface area (Å²) in [6.45, 7) is 1.87. The van der Waals surface area contributed by atoms with Crippen LogP contribution >= 0.6 is 39.7 Å². The van der Waals surface area contributed by atoms with E-state index in [1.807, 2.05) is 30.5 Å². The van der Waals surface area contributed by atoms with E-state index in [1.54, 1.807) is 30.3 Å². The van der Waals surface area contributed by atoms with Gasteiger partial charge in [-0.15, -0.1) is 28.3 Å². The molecule has 0 atom stereocenters. The molecule has 2 aromatic carbocycles. The third-order valence-electron chi connectivity index (χ3n) is 4.15. The number of hydrogen-bond donors (Lipinski definition) is 3. The summed E-state index contributed by atoms with van der Waals surface area (Å²) in [6.07, 6.45) is 0. The minimum Gasteiger partial charge on any atom is -0.478 e. The summed E-state index contributed by atoms with van der Waals surface area (Å²) in [5.74, 6) is -1.20. The first-order valence-electron chi connectivity index (χ1n) is 8.90.